The third-order valence-corrected chi connectivity index (χ3v) is 6.10. The Morgan fingerprint density at radius 2 is 1.72 bits per heavy atom. The molecule has 4 N–H and O–H groups in total. The van der Waals surface area contributed by atoms with Crippen LogP contribution in [0.15, 0.2) is 77.8 Å². The number of aromatic amines is 1. The fraction of sp³-hybridized carbons (Fsp3) is 0.241. The molecule has 0 saturated heterocycles. The standard InChI is InChI=1S/C29H33N5O2/c1-33(2)15-8-16-34(3)19-20-9-7-12-23(17-20)31-27(21-10-5-4-6-11-21)26-24-14-13-22(28(30)35)18-25(24)32-29(26)36/h4-7,9-14,17-18,32,36H,8,15-16,19H2,1-3H3,(H2,30,35). The maximum absolute atomic E-state index is 11.6. The maximum Gasteiger partial charge on any atom is 0.248 e. The molecule has 0 bridgehead atoms. The van der Waals surface area contributed by atoms with Crippen molar-refractivity contribution >= 4 is 28.2 Å². The molecule has 1 aromatic heterocycles. The molecule has 7 nitrogen and oxygen atoms in total. The van der Waals surface area contributed by atoms with Crippen LogP contribution in [-0.4, -0.2) is 65.7 Å². The van der Waals surface area contributed by atoms with Gasteiger partial charge in [0.2, 0.25) is 5.91 Å². The number of amides is 1. The van der Waals surface area contributed by atoms with Crippen molar-refractivity contribution in [2.24, 2.45) is 10.7 Å². The molecule has 36 heavy (non-hydrogen) atoms. The van der Waals surface area contributed by atoms with Crippen LogP contribution < -0.4 is 5.73 Å². The first-order valence-corrected chi connectivity index (χ1v) is 12.0. The number of nitrogens with two attached hydrogens (primary N) is 1. The predicted octanol–water partition coefficient (Wildman–Crippen LogP) is 4.53. The van der Waals surface area contributed by atoms with Crippen LogP contribution in [0.5, 0.6) is 5.88 Å². The Morgan fingerprint density at radius 1 is 0.944 bits per heavy atom. The average molecular weight is 484 g/mol. The van der Waals surface area contributed by atoms with E-state index in [1.54, 1.807) is 18.2 Å². The minimum atomic E-state index is -0.520. The van der Waals surface area contributed by atoms with E-state index in [-0.39, 0.29) is 5.88 Å². The van der Waals surface area contributed by atoms with Gasteiger partial charge in [0.1, 0.15) is 0 Å². The number of carbonyl (C=O) groups is 1. The van der Waals surface area contributed by atoms with Crippen LogP contribution >= 0.6 is 0 Å². The number of fused-ring (bicyclic) bond motifs is 1. The number of primary amides is 1. The van der Waals surface area contributed by atoms with Crippen LogP contribution in [-0.2, 0) is 6.54 Å². The first-order chi connectivity index (χ1) is 17.3. The second kappa shape index (κ2) is 11.2. The topological polar surface area (TPSA) is 97.9 Å². The molecule has 0 aliphatic heterocycles. The summed E-state index contributed by atoms with van der Waals surface area (Å²) in [6.07, 6.45) is 1.11. The molecule has 0 atom stereocenters. The lowest BCUT2D eigenvalue weighted by molar-refractivity contribution is 0.100. The van der Waals surface area contributed by atoms with E-state index < -0.39 is 5.91 Å². The van der Waals surface area contributed by atoms with Crippen molar-refractivity contribution < 1.29 is 9.90 Å². The highest BCUT2D eigenvalue weighted by Crippen LogP contribution is 2.32. The van der Waals surface area contributed by atoms with E-state index in [9.17, 15) is 9.90 Å². The third kappa shape index (κ3) is 6.00. The summed E-state index contributed by atoms with van der Waals surface area (Å²) in [6.45, 7) is 2.90. The lowest BCUT2D eigenvalue weighted by atomic mass is 10.00. The molecule has 0 fully saturated rings. The lowest BCUT2D eigenvalue weighted by Gasteiger charge is -2.18. The molecule has 1 amide bonds. The number of hydrogen-bond donors (Lipinski definition) is 3. The second-order valence-electron chi connectivity index (χ2n) is 9.36. The van der Waals surface area contributed by atoms with Gasteiger partial charge in [0.25, 0.3) is 0 Å². The number of hydrogen-bond acceptors (Lipinski definition) is 5. The van der Waals surface area contributed by atoms with Crippen molar-refractivity contribution in [1.29, 1.82) is 0 Å². The minimum absolute atomic E-state index is 0.00833. The number of rotatable bonds is 10. The number of H-pyrrole nitrogens is 1. The van der Waals surface area contributed by atoms with Gasteiger partial charge >= 0.3 is 0 Å². The molecule has 3 aromatic carbocycles. The first-order valence-electron chi connectivity index (χ1n) is 12.0. The lowest BCUT2D eigenvalue weighted by Crippen LogP contribution is -2.23. The minimum Gasteiger partial charge on any atom is -0.494 e. The van der Waals surface area contributed by atoms with E-state index in [0.717, 1.165) is 42.7 Å². The Morgan fingerprint density at radius 3 is 2.44 bits per heavy atom. The average Bonchev–Trinajstić information content (AvgIpc) is 3.17. The monoisotopic (exact) mass is 483 g/mol. The molecule has 186 valence electrons. The summed E-state index contributed by atoms with van der Waals surface area (Å²) < 4.78 is 0. The van der Waals surface area contributed by atoms with Gasteiger partial charge in [-0.15, -0.1) is 0 Å². The van der Waals surface area contributed by atoms with Crippen molar-refractivity contribution in [3.05, 3.63) is 95.1 Å². The van der Waals surface area contributed by atoms with E-state index in [4.69, 9.17) is 10.7 Å². The predicted molar refractivity (Wildman–Crippen MR) is 146 cm³/mol. The van der Waals surface area contributed by atoms with E-state index in [0.29, 0.717) is 22.4 Å². The largest absolute Gasteiger partial charge is 0.494 e. The van der Waals surface area contributed by atoms with E-state index >= 15 is 0 Å². The van der Waals surface area contributed by atoms with Gasteiger partial charge < -0.3 is 25.6 Å². The summed E-state index contributed by atoms with van der Waals surface area (Å²) in [6, 6.07) is 23.1. The molecule has 0 radical (unpaired) electrons. The molecule has 1 heterocycles. The molecule has 0 unspecified atom stereocenters. The molecule has 7 heteroatoms. The summed E-state index contributed by atoms with van der Waals surface area (Å²) in [4.78, 5) is 24.1. The number of aromatic hydroxyl groups is 1. The van der Waals surface area contributed by atoms with Crippen molar-refractivity contribution in [1.82, 2.24) is 14.8 Å². The number of aromatic nitrogens is 1. The highest BCUT2D eigenvalue weighted by Gasteiger charge is 2.19. The van der Waals surface area contributed by atoms with Crippen LogP contribution in [0.25, 0.3) is 10.9 Å². The number of aliphatic imine (C=N–C) groups is 1. The molecule has 4 aromatic rings. The Balaban J connectivity index is 1.71. The molecular formula is C29H33N5O2. The van der Waals surface area contributed by atoms with Gasteiger partial charge in [-0.2, -0.15) is 0 Å². The van der Waals surface area contributed by atoms with Crippen molar-refractivity contribution in [3.63, 3.8) is 0 Å². The maximum atomic E-state index is 11.6. The van der Waals surface area contributed by atoms with Crippen molar-refractivity contribution in [2.45, 2.75) is 13.0 Å². The Kier molecular flexibility index (Phi) is 7.83. The number of benzene rings is 3. The van der Waals surface area contributed by atoms with Crippen LogP contribution in [0.1, 0.15) is 33.5 Å². The van der Waals surface area contributed by atoms with Gasteiger partial charge in [-0.3, -0.25) is 4.79 Å². The zero-order valence-electron chi connectivity index (χ0n) is 21.0. The van der Waals surface area contributed by atoms with Crippen molar-refractivity contribution in [2.75, 3.05) is 34.2 Å². The van der Waals surface area contributed by atoms with Gasteiger partial charge in [-0.05, 0) is 70.5 Å². The molecular weight excluding hydrogens is 450 g/mol. The van der Waals surface area contributed by atoms with Gasteiger partial charge in [0.05, 0.1) is 17.0 Å². The Bertz CT molecular complexity index is 1380. The smallest absolute Gasteiger partial charge is 0.248 e. The van der Waals surface area contributed by atoms with Crippen LogP contribution in [0, 0.1) is 0 Å². The summed E-state index contributed by atoms with van der Waals surface area (Å²) in [7, 11) is 6.31. The van der Waals surface area contributed by atoms with Gasteiger partial charge in [-0.25, -0.2) is 4.99 Å². The highest BCUT2D eigenvalue weighted by molar-refractivity contribution is 6.22. The third-order valence-electron chi connectivity index (χ3n) is 6.10. The fourth-order valence-corrected chi connectivity index (χ4v) is 4.34. The van der Waals surface area contributed by atoms with Gasteiger partial charge in [-0.1, -0.05) is 48.5 Å². The Labute approximate surface area is 211 Å². The Hall–Kier alpha value is -3.94. The summed E-state index contributed by atoms with van der Waals surface area (Å²) in [5.41, 5.74) is 10.5. The quantitative estimate of drug-likeness (QED) is 0.289. The summed E-state index contributed by atoms with van der Waals surface area (Å²) in [5, 5.41) is 11.7. The second-order valence-corrected chi connectivity index (χ2v) is 9.36. The van der Waals surface area contributed by atoms with Crippen LogP contribution in [0.3, 0.4) is 0 Å². The number of nitrogens with zero attached hydrogens (tertiary/aromatic N) is 3. The number of carbonyl (C=O) groups excluding carboxylic acids is 1. The normalized spacial score (nSPS) is 12.1. The zero-order valence-corrected chi connectivity index (χ0v) is 21.0. The summed E-state index contributed by atoms with van der Waals surface area (Å²) >= 11 is 0. The number of nitrogens with one attached hydrogen (secondary N) is 1. The zero-order chi connectivity index (χ0) is 25.7. The molecule has 0 spiro atoms. The van der Waals surface area contributed by atoms with Crippen LogP contribution in [0.2, 0.25) is 0 Å². The van der Waals surface area contributed by atoms with Crippen molar-refractivity contribution in [3.8, 4) is 5.88 Å². The van der Waals surface area contributed by atoms with Crippen LogP contribution in [0.4, 0.5) is 5.69 Å². The van der Waals surface area contributed by atoms with Gasteiger partial charge in [0.15, 0.2) is 5.88 Å². The fourth-order valence-electron chi connectivity index (χ4n) is 4.34. The van der Waals surface area contributed by atoms with E-state index in [1.807, 2.05) is 42.5 Å². The molecule has 4 rings (SSSR count). The van der Waals surface area contributed by atoms with E-state index in [2.05, 4.69) is 48.1 Å². The SMILES string of the molecule is CN(C)CCCN(C)Cc1cccc(N=C(c2ccccc2)c2c(O)[nH]c3cc(C(N)=O)ccc23)c1. The first kappa shape index (κ1) is 25.2. The van der Waals surface area contributed by atoms with Gasteiger partial charge in [0, 0.05) is 28.6 Å². The molecule has 0 aliphatic carbocycles. The molecule has 0 saturated carbocycles. The highest BCUT2D eigenvalue weighted by atomic mass is 16.3. The summed E-state index contributed by atoms with van der Waals surface area (Å²) in [5.74, 6) is -0.529. The van der Waals surface area contributed by atoms with E-state index in [1.165, 1.54) is 5.56 Å². The molecule has 0 aliphatic rings.